The van der Waals surface area contributed by atoms with E-state index in [-0.39, 0.29) is 5.92 Å². The van der Waals surface area contributed by atoms with E-state index in [1.807, 2.05) is 6.08 Å². The van der Waals surface area contributed by atoms with Crippen molar-refractivity contribution in [1.29, 1.82) is 0 Å². The standard InChI is InChI=1S/C12H16O4/c1-3-16-11(14)12(10(13)15-2)7-8-4-5-9(12)6-8/h4-5,8-9H,3,6-7H2,1-2H3/t8-,9+,12+/m1/s1. The van der Waals surface area contributed by atoms with E-state index < -0.39 is 17.4 Å². The van der Waals surface area contributed by atoms with E-state index in [4.69, 9.17) is 9.47 Å². The molecule has 1 fully saturated rings. The van der Waals surface area contributed by atoms with Crippen LogP contribution in [0.5, 0.6) is 0 Å². The Morgan fingerprint density at radius 1 is 1.38 bits per heavy atom. The summed E-state index contributed by atoms with van der Waals surface area (Å²) in [7, 11) is 1.32. The first-order chi connectivity index (χ1) is 7.65. The highest BCUT2D eigenvalue weighted by Crippen LogP contribution is 2.53. The third-order valence-corrected chi connectivity index (χ3v) is 3.58. The molecule has 0 heterocycles. The lowest BCUT2D eigenvalue weighted by molar-refractivity contribution is -0.172. The molecule has 0 aromatic carbocycles. The Bertz CT molecular complexity index is 347. The molecule has 16 heavy (non-hydrogen) atoms. The van der Waals surface area contributed by atoms with Crippen molar-refractivity contribution in [2.75, 3.05) is 13.7 Å². The van der Waals surface area contributed by atoms with Crippen LogP contribution in [0.1, 0.15) is 19.8 Å². The number of hydrogen-bond acceptors (Lipinski definition) is 4. The minimum atomic E-state index is -1.08. The molecule has 4 nitrogen and oxygen atoms in total. The molecule has 0 aromatic rings. The van der Waals surface area contributed by atoms with Crippen molar-refractivity contribution in [2.45, 2.75) is 19.8 Å². The number of fused-ring (bicyclic) bond motifs is 2. The fourth-order valence-corrected chi connectivity index (χ4v) is 2.85. The van der Waals surface area contributed by atoms with Crippen LogP contribution in [-0.4, -0.2) is 25.7 Å². The van der Waals surface area contributed by atoms with Gasteiger partial charge in [-0.3, -0.25) is 9.59 Å². The van der Waals surface area contributed by atoms with E-state index >= 15 is 0 Å². The zero-order chi connectivity index (χ0) is 11.8. The minimum Gasteiger partial charge on any atom is -0.468 e. The van der Waals surface area contributed by atoms with Crippen molar-refractivity contribution >= 4 is 11.9 Å². The van der Waals surface area contributed by atoms with Gasteiger partial charge in [0.05, 0.1) is 13.7 Å². The second kappa shape index (κ2) is 3.92. The lowest BCUT2D eigenvalue weighted by Gasteiger charge is -2.29. The Morgan fingerprint density at radius 3 is 2.56 bits per heavy atom. The van der Waals surface area contributed by atoms with Gasteiger partial charge >= 0.3 is 11.9 Å². The number of hydrogen-bond donors (Lipinski definition) is 0. The van der Waals surface area contributed by atoms with E-state index in [1.54, 1.807) is 6.92 Å². The molecule has 0 aromatic heterocycles. The predicted octanol–water partition coefficient (Wildman–Crippen LogP) is 1.30. The Hall–Kier alpha value is -1.32. The maximum Gasteiger partial charge on any atom is 0.324 e. The number of methoxy groups -OCH3 is 1. The van der Waals surface area contributed by atoms with Gasteiger partial charge in [0, 0.05) is 5.92 Å². The summed E-state index contributed by atoms with van der Waals surface area (Å²) in [6, 6.07) is 0. The number of ether oxygens (including phenoxy) is 2. The Labute approximate surface area is 94.6 Å². The average molecular weight is 224 g/mol. The SMILES string of the molecule is CCOC(=O)[C@@]1(C(=O)OC)C[C@@H]2C=C[C@H]1C2. The van der Waals surface area contributed by atoms with Crippen LogP contribution in [0.15, 0.2) is 12.2 Å². The van der Waals surface area contributed by atoms with E-state index in [2.05, 4.69) is 6.08 Å². The van der Waals surface area contributed by atoms with Gasteiger partial charge in [-0.05, 0) is 25.7 Å². The molecule has 2 bridgehead atoms. The van der Waals surface area contributed by atoms with E-state index in [0.29, 0.717) is 18.9 Å². The molecule has 1 saturated carbocycles. The maximum atomic E-state index is 12.0. The molecule has 0 aliphatic heterocycles. The summed E-state index contributed by atoms with van der Waals surface area (Å²) in [4.78, 5) is 23.9. The van der Waals surface area contributed by atoms with E-state index in [1.165, 1.54) is 7.11 Å². The third-order valence-electron chi connectivity index (χ3n) is 3.58. The van der Waals surface area contributed by atoms with Gasteiger partial charge in [0.15, 0.2) is 5.41 Å². The third kappa shape index (κ3) is 1.36. The topological polar surface area (TPSA) is 52.6 Å². The fraction of sp³-hybridized carbons (Fsp3) is 0.667. The average Bonchev–Trinajstić information content (AvgIpc) is 2.88. The molecule has 2 rings (SSSR count). The van der Waals surface area contributed by atoms with Crippen molar-refractivity contribution < 1.29 is 19.1 Å². The zero-order valence-corrected chi connectivity index (χ0v) is 9.56. The lowest BCUT2D eigenvalue weighted by Crippen LogP contribution is -2.44. The lowest BCUT2D eigenvalue weighted by atomic mass is 9.75. The molecular formula is C12H16O4. The molecular weight excluding hydrogens is 208 g/mol. The highest BCUT2D eigenvalue weighted by molar-refractivity contribution is 6.01. The van der Waals surface area contributed by atoms with Gasteiger partial charge in [-0.15, -0.1) is 0 Å². The van der Waals surface area contributed by atoms with Crippen LogP contribution in [0.4, 0.5) is 0 Å². The van der Waals surface area contributed by atoms with Gasteiger partial charge in [0.1, 0.15) is 0 Å². The summed E-state index contributed by atoms with van der Waals surface area (Å²) in [5, 5.41) is 0. The van der Waals surface area contributed by atoms with Gasteiger partial charge in [0.2, 0.25) is 0 Å². The molecule has 0 unspecified atom stereocenters. The quantitative estimate of drug-likeness (QED) is 0.412. The summed E-state index contributed by atoms with van der Waals surface area (Å²) in [6.45, 7) is 2.03. The molecule has 2 aliphatic carbocycles. The van der Waals surface area contributed by atoms with Crippen molar-refractivity contribution in [2.24, 2.45) is 17.3 Å². The molecule has 0 radical (unpaired) electrons. The molecule has 0 N–H and O–H groups in total. The van der Waals surface area contributed by atoms with Crippen molar-refractivity contribution in [3.05, 3.63) is 12.2 Å². The van der Waals surface area contributed by atoms with Crippen LogP contribution in [0.2, 0.25) is 0 Å². The van der Waals surface area contributed by atoms with E-state index in [9.17, 15) is 9.59 Å². The molecule has 0 saturated heterocycles. The normalized spacial score (nSPS) is 35.1. The fourth-order valence-electron chi connectivity index (χ4n) is 2.85. The number of carbonyl (C=O) groups is 2. The Kier molecular flexibility index (Phi) is 2.74. The predicted molar refractivity (Wildman–Crippen MR) is 56.4 cm³/mol. The zero-order valence-electron chi connectivity index (χ0n) is 9.56. The Morgan fingerprint density at radius 2 is 2.12 bits per heavy atom. The monoisotopic (exact) mass is 224 g/mol. The summed E-state index contributed by atoms with van der Waals surface area (Å²) in [5.41, 5.74) is -1.08. The summed E-state index contributed by atoms with van der Waals surface area (Å²) >= 11 is 0. The molecule has 2 aliphatic rings. The second-order valence-corrected chi connectivity index (χ2v) is 4.37. The van der Waals surface area contributed by atoms with Gasteiger partial charge in [0.25, 0.3) is 0 Å². The van der Waals surface area contributed by atoms with Gasteiger partial charge < -0.3 is 9.47 Å². The van der Waals surface area contributed by atoms with Crippen LogP contribution < -0.4 is 0 Å². The van der Waals surface area contributed by atoms with Gasteiger partial charge in [-0.25, -0.2) is 0 Å². The minimum absolute atomic E-state index is 0.0519. The first-order valence-corrected chi connectivity index (χ1v) is 5.59. The number of rotatable bonds is 3. The van der Waals surface area contributed by atoms with Gasteiger partial charge in [-0.1, -0.05) is 12.2 Å². The first-order valence-electron chi connectivity index (χ1n) is 5.59. The van der Waals surface area contributed by atoms with Crippen LogP contribution in [0.3, 0.4) is 0 Å². The molecule has 88 valence electrons. The molecule has 4 heteroatoms. The molecule has 3 atom stereocenters. The second-order valence-electron chi connectivity index (χ2n) is 4.37. The maximum absolute atomic E-state index is 12.0. The smallest absolute Gasteiger partial charge is 0.324 e. The van der Waals surface area contributed by atoms with Crippen LogP contribution in [-0.2, 0) is 19.1 Å². The van der Waals surface area contributed by atoms with E-state index in [0.717, 1.165) is 6.42 Å². The summed E-state index contributed by atoms with van der Waals surface area (Å²) < 4.78 is 9.82. The van der Waals surface area contributed by atoms with Crippen molar-refractivity contribution in [1.82, 2.24) is 0 Å². The largest absolute Gasteiger partial charge is 0.468 e. The summed E-state index contributed by atoms with van der Waals surface area (Å²) in [6.07, 6.45) is 5.40. The van der Waals surface area contributed by atoms with Crippen LogP contribution in [0, 0.1) is 17.3 Å². The summed E-state index contributed by atoms with van der Waals surface area (Å²) in [5.74, 6) is -0.626. The number of esters is 2. The molecule has 0 spiro atoms. The molecule has 0 amide bonds. The van der Waals surface area contributed by atoms with Crippen LogP contribution in [0.25, 0.3) is 0 Å². The van der Waals surface area contributed by atoms with Crippen molar-refractivity contribution in [3.63, 3.8) is 0 Å². The highest BCUT2D eigenvalue weighted by Gasteiger charge is 2.60. The van der Waals surface area contributed by atoms with Crippen LogP contribution >= 0.6 is 0 Å². The number of carbonyl (C=O) groups excluding carboxylic acids is 2. The highest BCUT2D eigenvalue weighted by atomic mass is 16.6. The number of allylic oxidation sites excluding steroid dienone is 2. The first kappa shape index (κ1) is 11.2. The Balaban J connectivity index is 2.31. The van der Waals surface area contributed by atoms with Gasteiger partial charge in [-0.2, -0.15) is 0 Å². The van der Waals surface area contributed by atoms with Crippen molar-refractivity contribution in [3.8, 4) is 0 Å².